The van der Waals surface area contributed by atoms with Crippen molar-refractivity contribution in [2.24, 2.45) is 0 Å². The van der Waals surface area contributed by atoms with Crippen LogP contribution >= 0.6 is 0 Å². The van der Waals surface area contributed by atoms with Gasteiger partial charge in [0.05, 0.1) is 6.04 Å². The molecule has 4 heteroatoms. The fraction of sp³-hybridized carbons (Fsp3) is 0.320. The third-order valence-corrected chi connectivity index (χ3v) is 5.81. The minimum Gasteiger partial charge on any atom is -0.370 e. The predicted molar refractivity (Wildman–Crippen MR) is 121 cm³/mol. The number of fused-ring (bicyclic) bond motifs is 1. The Morgan fingerprint density at radius 2 is 1.86 bits per heavy atom. The number of aryl methyl sites for hydroxylation is 1. The quantitative estimate of drug-likeness (QED) is 0.696. The number of amides is 1. The second-order valence-corrected chi connectivity index (χ2v) is 7.85. The summed E-state index contributed by atoms with van der Waals surface area (Å²) in [5.74, 6) is -0.0160. The molecule has 0 aromatic heterocycles. The summed E-state index contributed by atoms with van der Waals surface area (Å²) in [4.78, 5) is 15.5. The van der Waals surface area contributed by atoms with E-state index in [0.29, 0.717) is 0 Å². The highest BCUT2D eigenvalue weighted by Gasteiger charge is 2.17. The van der Waals surface area contributed by atoms with Crippen LogP contribution in [0.3, 0.4) is 0 Å². The van der Waals surface area contributed by atoms with Crippen LogP contribution in [-0.2, 0) is 0 Å². The number of benzene rings is 3. The topological polar surface area (TPSA) is 44.4 Å². The van der Waals surface area contributed by atoms with Gasteiger partial charge in [0.2, 0.25) is 0 Å². The first-order valence-electron chi connectivity index (χ1n) is 10.5. The van der Waals surface area contributed by atoms with E-state index in [2.05, 4.69) is 64.9 Å². The monoisotopic (exact) mass is 387 g/mol. The first kappa shape index (κ1) is 19.5. The third-order valence-electron chi connectivity index (χ3n) is 5.81. The summed E-state index contributed by atoms with van der Waals surface area (Å²) < 4.78 is 0. The van der Waals surface area contributed by atoms with Gasteiger partial charge < -0.3 is 15.5 Å². The van der Waals surface area contributed by atoms with Crippen LogP contribution in [0.5, 0.6) is 0 Å². The number of carbonyl (C=O) groups is 1. The molecule has 0 spiro atoms. The van der Waals surface area contributed by atoms with E-state index in [-0.39, 0.29) is 11.9 Å². The van der Waals surface area contributed by atoms with E-state index < -0.39 is 0 Å². The Morgan fingerprint density at radius 3 is 2.76 bits per heavy atom. The Balaban J connectivity index is 1.56. The van der Waals surface area contributed by atoms with E-state index in [1.54, 1.807) is 0 Å². The van der Waals surface area contributed by atoms with Crippen molar-refractivity contribution in [2.75, 3.05) is 31.1 Å². The van der Waals surface area contributed by atoms with Crippen LogP contribution in [-0.4, -0.2) is 32.1 Å². The number of hydrogen-bond donors (Lipinski definition) is 2. The Morgan fingerprint density at radius 1 is 1.03 bits per heavy atom. The smallest absolute Gasteiger partial charge is 0.252 e. The van der Waals surface area contributed by atoms with Crippen LogP contribution in [0.15, 0.2) is 60.7 Å². The number of rotatable bonds is 4. The average molecular weight is 388 g/mol. The number of nitrogens with zero attached hydrogens (tertiary/aromatic N) is 1. The molecule has 29 heavy (non-hydrogen) atoms. The van der Waals surface area contributed by atoms with Gasteiger partial charge in [0, 0.05) is 30.9 Å². The molecule has 1 heterocycles. The molecule has 3 aromatic carbocycles. The summed E-state index contributed by atoms with van der Waals surface area (Å²) in [6.45, 7) is 8.08. The molecule has 4 nitrogen and oxygen atoms in total. The molecular formula is C25H29N3O. The molecule has 1 fully saturated rings. The maximum absolute atomic E-state index is 13.1. The van der Waals surface area contributed by atoms with Gasteiger partial charge in [-0.05, 0) is 60.8 Å². The minimum absolute atomic E-state index is 0.0160. The molecular weight excluding hydrogens is 358 g/mol. The summed E-state index contributed by atoms with van der Waals surface area (Å²) >= 11 is 0. The van der Waals surface area contributed by atoms with Gasteiger partial charge >= 0.3 is 0 Å². The lowest BCUT2D eigenvalue weighted by Gasteiger charge is -2.24. The predicted octanol–water partition coefficient (Wildman–Crippen LogP) is 4.44. The highest BCUT2D eigenvalue weighted by molar-refractivity contribution is 5.97. The second-order valence-electron chi connectivity index (χ2n) is 7.85. The molecule has 0 unspecified atom stereocenters. The molecule has 3 aromatic rings. The first-order chi connectivity index (χ1) is 14.1. The van der Waals surface area contributed by atoms with Crippen molar-refractivity contribution in [1.82, 2.24) is 10.6 Å². The summed E-state index contributed by atoms with van der Waals surface area (Å²) in [5, 5.41) is 9.03. The van der Waals surface area contributed by atoms with Crippen molar-refractivity contribution >= 4 is 22.4 Å². The number of hydrogen-bond acceptors (Lipinski definition) is 3. The number of nitrogens with one attached hydrogen (secondary N) is 2. The Bertz CT molecular complexity index is 1000. The van der Waals surface area contributed by atoms with Gasteiger partial charge in [-0.1, -0.05) is 48.5 Å². The van der Waals surface area contributed by atoms with Gasteiger partial charge in [0.25, 0.3) is 5.91 Å². The van der Waals surface area contributed by atoms with Crippen molar-refractivity contribution in [2.45, 2.75) is 26.3 Å². The lowest BCUT2D eigenvalue weighted by molar-refractivity contribution is 0.0939. The van der Waals surface area contributed by atoms with Gasteiger partial charge in [-0.3, -0.25) is 4.79 Å². The zero-order valence-electron chi connectivity index (χ0n) is 17.2. The molecule has 1 aliphatic rings. The van der Waals surface area contributed by atoms with E-state index in [1.165, 1.54) is 10.8 Å². The zero-order valence-corrected chi connectivity index (χ0v) is 17.2. The Hall–Kier alpha value is -2.85. The standard InChI is InChI=1S/C25H29N3O/c1-18-11-12-21(28-15-6-13-26-14-16-28)17-24(18)25(29)27-19(2)22-10-5-8-20-7-3-4-9-23(20)22/h3-5,7-12,17,19,26H,6,13-16H2,1-2H3,(H,27,29)/t19-/m1/s1. The maximum atomic E-state index is 13.1. The summed E-state index contributed by atoms with van der Waals surface area (Å²) in [6, 6.07) is 20.7. The van der Waals surface area contributed by atoms with E-state index in [9.17, 15) is 4.79 Å². The molecule has 150 valence electrons. The molecule has 0 saturated carbocycles. The number of anilines is 1. The molecule has 1 amide bonds. The van der Waals surface area contributed by atoms with E-state index in [1.807, 2.05) is 25.1 Å². The van der Waals surface area contributed by atoms with Crippen molar-refractivity contribution in [3.8, 4) is 0 Å². The Kier molecular flexibility index (Phi) is 5.81. The van der Waals surface area contributed by atoms with Crippen LogP contribution in [0, 0.1) is 6.92 Å². The van der Waals surface area contributed by atoms with E-state index in [0.717, 1.165) is 55.0 Å². The summed E-state index contributed by atoms with van der Waals surface area (Å²) in [6.07, 6.45) is 1.12. The Labute approximate surface area is 172 Å². The molecule has 1 aliphatic heterocycles. The molecule has 0 bridgehead atoms. The number of carbonyl (C=O) groups excluding carboxylic acids is 1. The first-order valence-corrected chi connectivity index (χ1v) is 10.5. The SMILES string of the molecule is Cc1ccc(N2CCCNCC2)cc1C(=O)N[C@H](C)c1cccc2ccccc12. The highest BCUT2D eigenvalue weighted by Crippen LogP contribution is 2.25. The molecule has 1 saturated heterocycles. The molecule has 1 atom stereocenters. The van der Waals surface area contributed by atoms with Crippen molar-refractivity contribution in [1.29, 1.82) is 0 Å². The van der Waals surface area contributed by atoms with Gasteiger partial charge in [-0.15, -0.1) is 0 Å². The second kappa shape index (κ2) is 8.66. The molecule has 0 aliphatic carbocycles. The van der Waals surface area contributed by atoms with Crippen LogP contribution < -0.4 is 15.5 Å². The molecule has 4 rings (SSSR count). The lowest BCUT2D eigenvalue weighted by Crippen LogP contribution is -2.30. The van der Waals surface area contributed by atoms with Crippen LogP contribution in [0.2, 0.25) is 0 Å². The molecule has 0 radical (unpaired) electrons. The van der Waals surface area contributed by atoms with Crippen molar-refractivity contribution in [3.63, 3.8) is 0 Å². The van der Waals surface area contributed by atoms with Crippen LogP contribution in [0.1, 0.15) is 40.9 Å². The highest BCUT2D eigenvalue weighted by atomic mass is 16.1. The minimum atomic E-state index is -0.0703. The zero-order chi connectivity index (χ0) is 20.2. The summed E-state index contributed by atoms with van der Waals surface area (Å²) in [7, 11) is 0. The van der Waals surface area contributed by atoms with Gasteiger partial charge in [-0.25, -0.2) is 0 Å². The lowest BCUT2D eigenvalue weighted by atomic mass is 9.99. The fourth-order valence-corrected chi connectivity index (χ4v) is 4.14. The normalized spacial score (nSPS) is 15.7. The van der Waals surface area contributed by atoms with Gasteiger partial charge in [0.1, 0.15) is 0 Å². The maximum Gasteiger partial charge on any atom is 0.252 e. The van der Waals surface area contributed by atoms with Crippen molar-refractivity contribution < 1.29 is 4.79 Å². The third kappa shape index (κ3) is 4.28. The summed E-state index contributed by atoms with van der Waals surface area (Å²) in [5.41, 5.74) is 4.03. The average Bonchev–Trinajstić information content (AvgIpc) is 3.03. The van der Waals surface area contributed by atoms with Crippen molar-refractivity contribution in [3.05, 3.63) is 77.4 Å². The van der Waals surface area contributed by atoms with E-state index >= 15 is 0 Å². The van der Waals surface area contributed by atoms with Crippen LogP contribution in [0.4, 0.5) is 5.69 Å². The fourth-order valence-electron chi connectivity index (χ4n) is 4.14. The van der Waals surface area contributed by atoms with E-state index in [4.69, 9.17) is 0 Å². The van der Waals surface area contributed by atoms with Gasteiger partial charge in [-0.2, -0.15) is 0 Å². The largest absolute Gasteiger partial charge is 0.370 e. The van der Waals surface area contributed by atoms with Gasteiger partial charge in [0.15, 0.2) is 0 Å². The van der Waals surface area contributed by atoms with Crippen LogP contribution in [0.25, 0.3) is 10.8 Å². The molecule has 2 N–H and O–H groups in total.